The van der Waals surface area contributed by atoms with Gasteiger partial charge in [-0.3, -0.25) is 0 Å². The number of hydrogen-bond acceptors (Lipinski definition) is 1. The summed E-state index contributed by atoms with van der Waals surface area (Å²) in [5.74, 6) is 0. The first kappa shape index (κ1) is 18.9. The van der Waals surface area contributed by atoms with E-state index in [1.165, 1.54) is 80.7 Å². The Morgan fingerprint density at radius 3 is 1.89 bits per heavy atom. The molecule has 2 heteroatoms. The molecule has 0 aliphatic heterocycles. The fourth-order valence-electron chi connectivity index (χ4n) is 6.52. The molecule has 1 aliphatic carbocycles. The molecule has 36 heavy (non-hydrogen) atoms. The summed E-state index contributed by atoms with van der Waals surface area (Å²) < 4.78 is 5.17. The number of rotatable bonds is 1. The molecule has 0 spiro atoms. The summed E-state index contributed by atoms with van der Waals surface area (Å²) in [5, 5.41) is 8.03. The molecular weight excluding hydrogens is 454 g/mol. The van der Waals surface area contributed by atoms with E-state index < -0.39 is 0 Å². The minimum atomic E-state index is 1.24. The molecule has 1 aliphatic rings. The van der Waals surface area contributed by atoms with E-state index in [4.69, 9.17) is 0 Å². The van der Waals surface area contributed by atoms with Crippen molar-refractivity contribution in [1.29, 1.82) is 0 Å². The number of aromatic nitrogens is 1. The Morgan fingerprint density at radius 2 is 1.08 bits per heavy atom. The van der Waals surface area contributed by atoms with Crippen LogP contribution in [-0.2, 0) is 0 Å². The van der Waals surface area contributed by atoms with Gasteiger partial charge in [-0.25, -0.2) is 0 Å². The first-order chi connectivity index (χ1) is 17.9. The average molecular weight is 474 g/mol. The van der Waals surface area contributed by atoms with Crippen LogP contribution in [0.1, 0.15) is 0 Å². The van der Waals surface area contributed by atoms with E-state index in [2.05, 4.69) is 120 Å². The van der Waals surface area contributed by atoms with Crippen LogP contribution in [0.5, 0.6) is 0 Å². The third kappa shape index (κ3) is 2.21. The zero-order chi connectivity index (χ0) is 23.4. The monoisotopic (exact) mass is 473 g/mol. The van der Waals surface area contributed by atoms with Gasteiger partial charge in [0, 0.05) is 36.3 Å². The van der Waals surface area contributed by atoms with E-state index in [1.807, 2.05) is 11.3 Å². The second kappa shape index (κ2) is 6.63. The quantitative estimate of drug-likeness (QED) is 0.223. The Bertz CT molecular complexity index is 2160. The van der Waals surface area contributed by atoms with E-state index in [9.17, 15) is 0 Å². The molecule has 0 radical (unpaired) electrons. The standard InChI is InChI=1S/C34H19NS/c1-4-13-27-20(8-1)21-9-2-5-14-28(21)35(27)29-18-16-22-23-17-19-31-34(25-10-3-6-15-30(25)36-31)33(23)26-12-7-11-24(29)32(22)26/h1-19H. The first-order valence-corrected chi connectivity index (χ1v) is 13.2. The molecule has 0 amide bonds. The Balaban J connectivity index is 1.44. The van der Waals surface area contributed by atoms with Gasteiger partial charge in [0.05, 0.1) is 16.7 Å². The van der Waals surface area contributed by atoms with Crippen molar-refractivity contribution in [1.82, 2.24) is 4.57 Å². The van der Waals surface area contributed by atoms with Crippen LogP contribution in [0.15, 0.2) is 115 Å². The third-order valence-electron chi connectivity index (χ3n) is 7.94. The van der Waals surface area contributed by atoms with Gasteiger partial charge in [-0.05, 0) is 58.0 Å². The van der Waals surface area contributed by atoms with E-state index in [0.29, 0.717) is 0 Å². The maximum Gasteiger partial charge on any atom is 0.0541 e. The number of benzene rings is 6. The molecule has 0 N–H and O–H groups in total. The van der Waals surface area contributed by atoms with E-state index in [1.54, 1.807) is 0 Å². The highest BCUT2D eigenvalue weighted by Crippen LogP contribution is 2.53. The lowest BCUT2D eigenvalue weighted by Crippen LogP contribution is -1.95. The molecule has 0 unspecified atom stereocenters. The molecular formula is C34H19NS. The molecule has 0 bridgehead atoms. The van der Waals surface area contributed by atoms with Crippen LogP contribution in [0.2, 0.25) is 0 Å². The fourth-order valence-corrected chi connectivity index (χ4v) is 7.64. The lowest BCUT2D eigenvalue weighted by atomic mass is 9.98. The van der Waals surface area contributed by atoms with Gasteiger partial charge in [0.1, 0.15) is 0 Å². The smallest absolute Gasteiger partial charge is 0.0541 e. The second-order valence-corrected chi connectivity index (χ2v) is 10.8. The van der Waals surface area contributed by atoms with Gasteiger partial charge in [-0.2, -0.15) is 0 Å². The number of hydrogen-bond donors (Lipinski definition) is 0. The molecule has 6 aromatic carbocycles. The largest absolute Gasteiger partial charge is 0.309 e. The van der Waals surface area contributed by atoms with Crippen molar-refractivity contribution >= 4 is 64.1 Å². The van der Waals surface area contributed by atoms with Crippen molar-refractivity contribution in [2.75, 3.05) is 0 Å². The normalized spacial score (nSPS) is 12.4. The summed E-state index contributed by atoms with van der Waals surface area (Å²) in [6, 6.07) is 42.5. The summed E-state index contributed by atoms with van der Waals surface area (Å²) in [5.41, 5.74) is 9.19. The number of fused-ring (bicyclic) bond motifs is 10. The molecule has 166 valence electrons. The molecule has 0 atom stereocenters. The summed E-state index contributed by atoms with van der Waals surface area (Å²) in [7, 11) is 0. The number of thiophene rings is 1. The van der Waals surface area contributed by atoms with Gasteiger partial charge < -0.3 is 4.57 Å². The van der Waals surface area contributed by atoms with Gasteiger partial charge in [0.15, 0.2) is 0 Å². The Morgan fingerprint density at radius 1 is 0.417 bits per heavy atom. The average Bonchev–Trinajstić information content (AvgIpc) is 3.58. The van der Waals surface area contributed by atoms with Crippen LogP contribution in [-0.4, -0.2) is 4.57 Å². The van der Waals surface area contributed by atoms with Gasteiger partial charge in [0.2, 0.25) is 0 Å². The molecule has 0 saturated heterocycles. The van der Waals surface area contributed by atoms with Gasteiger partial charge in [-0.1, -0.05) is 84.9 Å². The van der Waals surface area contributed by atoms with Crippen LogP contribution < -0.4 is 0 Å². The molecule has 2 heterocycles. The molecule has 0 fully saturated rings. The topological polar surface area (TPSA) is 4.93 Å². The van der Waals surface area contributed by atoms with Crippen molar-refractivity contribution < 1.29 is 0 Å². The van der Waals surface area contributed by atoms with Gasteiger partial charge in [-0.15, -0.1) is 11.3 Å². The Labute approximate surface area is 211 Å². The summed E-state index contributed by atoms with van der Waals surface area (Å²) in [6.45, 7) is 0. The van der Waals surface area contributed by atoms with E-state index in [-0.39, 0.29) is 0 Å². The summed E-state index contributed by atoms with van der Waals surface area (Å²) in [6.07, 6.45) is 0. The number of nitrogens with zero attached hydrogens (tertiary/aromatic N) is 1. The lowest BCUT2D eigenvalue weighted by Gasteiger charge is -2.13. The van der Waals surface area contributed by atoms with Gasteiger partial charge >= 0.3 is 0 Å². The molecule has 8 aromatic rings. The highest BCUT2D eigenvalue weighted by atomic mass is 32.1. The van der Waals surface area contributed by atoms with Crippen molar-refractivity contribution in [3.05, 3.63) is 115 Å². The maximum absolute atomic E-state index is 2.45. The van der Waals surface area contributed by atoms with Crippen LogP contribution in [0, 0.1) is 0 Å². The molecule has 1 nitrogen and oxygen atoms in total. The summed E-state index contributed by atoms with van der Waals surface area (Å²) in [4.78, 5) is 0. The first-order valence-electron chi connectivity index (χ1n) is 12.4. The van der Waals surface area contributed by atoms with Gasteiger partial charge in [0.25, 0.3) is 0 Å². The number of para-hydroxylation sites is 2. The predicted octanol–water partition coefficient (Wildman–Crippen LogP) is 9.95. The molecule has 9 rings (SSSR count). The van der Waals surface area contributed by atoms with Crippen LogP contribution >= 0.6 is 11.3 Å². The highest BCUT2D eigenvalue weighted by Gasteiger charge is 2.26. The highest BCUT2D eigenvalue weighted by molar-refractivity contribution is 7.26. The second-order valence-electron chi connectivity index (χ2n) is 9.69. The summed E-state index contributed by atoms with van der Waals surface area (Å²) >= 11 is 1.90. The van der Waals surface area contributed by atoms with Crippen molar-refractivity contribution in [2.45, 2.75) is 0 Å². The van der Waals surface area contributed by atoms with Crippen molar-refractivity contribution in [3.8, 4) is 27.9 Å². The molecule has 2 aromatic heterocycles. The van der Waals surface area contributed by atoms with Crippen molar-refractivity contribution in [3.63, 3.8) is 0 Å². The minimum absolute atomic E-state index is 1.24. The zero-order valence-electron chi connectivity index (χ0n) is 19.3. The zero-order valence-corrected chi connectivity index (χ0v) is 20.1. The minimum Gasteiger partial charge on any atom is -0.309 e. The maximum atomic E-state index is 2.45. The van der Waals surface area contributed by atoms with Crippen LogP contribution in [0.25, 0.3) is 80.7 Å². The Kier molecular flexibility index (Phi) is 3.47. The van der Waals surface area contributed by atoms with Crippen molar-refractivity contribution in [2.24, 2.45) is 0 Å². The third-order valence-corrected chi connectivity index (χ3v) is 9.08. The Hall–Kier alpha value is -4.40. The van der Waals surface area contributed by atoms with E-state index >= 15 is 0 Å². The molecule has 0 saturated carbocycles. The fraction of sp³-hybridized carbons (Fsp3) is 0. The van der Waals surface area contributed by atoms with Crippen LogP contribution in [0.3, 0.4) is 0 Å². The predicted molar refractivity (Wildman–Crippen MR) is 156 cm³/mol. The SMILES string of the molecule is c1ccc2c(c1)sc1ccc3c(c12)-c1cccc2c(-n4c5ccccc5c5ccccc54)ccc-3c12. The van der Waals surface area contributed by atoms with Crippen LogP contribution in [0.4, 0.5) is 0 Å². The lowest BCUT2D eigenvalue weighted by molar-refractivity contribution is 1.20. The van der Waals surface area contributed by atoms with E-state index in [0.717, 1.165) is 0 Å².